The first-order chi connectivity index (χ1) is 9.74. The first-order valence-corrected chi connectivity index (χ1v) is 6.91. The van der Waals surface area contributed by atoms with Gasteiger partial charge in [0.15, 0.2) is 5.96 Å². The standard InChI is InChI=1S/C17H21N3/c1-14-9-11-16(12-10-14)20-17(18)19-13-5-8-15-6-3-2-4-7-15/h2-4,6-7,9-12H,5,8,13H2,1H3,(H3,18,19,20). The average molecular weight is 267 g/mol. The van der Waals surface area contributed by atoms with E-state index in [4.69, 9.17) is 5.73 Å². The summed E-state index contributed by atoms with van der Waals surface area (Å²) in [7, 11) is 0. The van der Waals surface area contributed by atoms with Crippen LogP contribution in [0.4, 0.5) is 5.69 Å². The first kappa shape index (κ1) is 14.1. The summed E-state index contributed by atoms with van der Waals surface area (Å²) in [4.78, 5) is 4.34. The van der Waals surface area contributed by atoms with Crippen LogP contribution in [-0.2, 0) is 6.42 Å². The number of hydrogen-bond acceptors (Lipinski definition) is 1. The van der Waals surface area contributed by atoms with Crippen molar-refractivity contribution in [1.82, 2.24) is 0 Å². The molecular formula is C17H21N3. The summed E-state index contributed by atoms with van der Waals surface area (Å²) in [5.41, 5.74) is 9.41. The smallest absolute Gasteiger partial charge is 0.193 e. The number of guanidine groups is 1. The van der Waals surface area contributed by atoms with Crippen LogP contribution < -0.4 is 11.1 Å². The number of aryl methyl sites for hydroxylation is 2. The maximum absolute atomic E-state index is 5.86. The number of nitrogens with two attached hydrogens (primary N) is 1. The number of anilines is 1. The summed E-state index contributed by atoms with van der Waals surface area (Å²) in [6, 6.07) is 18.5. The molecule has 3 heteroatoms. The molecule has 0 radical (unpaired) electrons. The molecular weight excluding hydrogens is 246 g/mol. The lowest BCUT2D eigenvalue weighted by Gasteiger charge is -2.06. The van der Waals surface area contributed by atoms with Gasteiger partial charge in [-0.1, -0.05) is 48.0 Å². The topological polar surface area (TPSA) is 50.4 Å². The lowest BCUT2D eigenvalue weighted by molar-refractivity contribution is 0.832. The molecule has 104 valence electrons. The Bertz CT molecular complexity index is 544. The summed E-state index contributed by atoms with van der Waals surface area (Å²) in [6.07, 6.45) is 2.03. The number of rotatable bonds is 5. The molecule has 0 aliphatic carbocycles. The van der Waals surface area contributed by atoms with Crippen LogP contribution in [0.1, 0.15) is 17.5 Å². The Morgan fingerprint density at radius 3 is 2.45 bits per heavy atom. The summed E-state index contributed by atoms with van der Waals surface area (Å²) in [6.45, 7) is 2.80. The summed E-state index contributed by atoms with van der Waals surface area (Å²) in [5.74, 6) is 0.474. The summed E-state index contributed by atoms with van der Waals surface area (Å²) < 4.78 is 0. The molecule has 0 aromatic heterocycles. The Hall–Kier alpha value is -2.29. The van der Waals surface area contributed by atoms with E-state index in [9.17, 15) is 0 Å². The normalized spacial score (nSPS) is 11.3. The first-order valence-electron chi connectivity index (χ1n) is 6.91. The second-order valence-electron chi connectivity index (χ2n) is 4.85. The van der Waals surface area contributed by atoms with Crippen molar-refractivity contribution < 1.29 is 0 Å². The van der Waals surface area contributed by atoms with Crippen molar-refractivity contribution in [2.24, 2.45) is 10.7 Å². The van der Waals surface area contributed by atoms with Crippen LogP contribution in [0.3, 0.4) is 0 Å². The summed E-state index contributed by atoms with van der Waals surface area (Å²) in [5, 5.41) is 3.10. The second kappa shape index (κ2) is 7.34. The molecule has 0 amide bonds. The van der Waals surface area contributed by atoms with E-state index in [0.717, 1.165) is 25.1 Å². The maximum Gasteiger partial charge on any atom is 0.193 e. The molecule has 0 heterocycles. The van der Waals surface area contributed by atoms with Gasteiger partial charge in [0.25, 0.3) is 0 Å². The molecule has 0 unspecified atom stereocenters. The highest BCUT2D eigenvalue weighted by Gasteiger charge is 1.95. The fraction of sp³-hybridized carbons (Fsp3) is 0.235. The lowest BCUT2D eigenvalue weighted by atomic mass is 10.1. The van der Waals surface area contributed by atoms with Crippen molar-refractivity contribution in [2.45, 2.75) is 19.8 Å². The second-order valence-corrected chi connectivity index (χ2v) is 4.85. The van der Waals surface area contributed by atoms with Gasteiger partial charge in [-0.15, -0.1) is 0 Å². The zero-order valence-corrected chi connectivity index (χ0v) is 11.8. The molecule has 20 heavy (non-hydrogen) atoms. The van der Waals surface area contributed by atoms with E-state index in [0.29, 0.717) is 5.96 Å². The van der Waals surface area contributed by atoms with E-state index in [1.165, 1.54) is 11.1 Å². The molecule has 2 rings (SSSR count). The van der Waals surface area contributed by atoms with Crippen molar-refractivity contribution in [3.05, 3.63) is 65.7 Å². The van der Waals surface area contributed by atoms with Gasteiger partial charge in [0.1, 0.15) is 0 Å². The highest BCUT2D eigenvalue weighted by molar-refractivity contribution is 5.92. The van der Waals surface area contributed by atoms with E-state index in [2.05, 4.69) is 41.5 Å². The molecule has 0 aliphatic heterocycles. The van der Waals surface area contributed by atoms with Crippen molar-refractivity contribution in [1.29, 1.82) is 0 Å². The van der Waals surface area contributed by atoms with E-state index in [-0.39, 0.29) is 0 Å². The van der Waals surface area contributed by atoms with Gasteiger partial charge < -0.3 is 11.1 Å². The highest BCUT2D eigenvalue weighted by atomic mass is 15.1. The van der Waals surface area contributed by atoms with Crippen LogP contribution >= 0.6 is 0 Å². The minimum absolute atomic E-state index is 0.474. The number of nitrogens with one attached hydrogen (secondary N) is 1. The number of nitrogens with zero attached hydrogens (tertiary/aromatic N) is 1. The van der Waals surface area contributed by atoms with Crippen molar-refractivity contribution in [2.75, 3.05) is 11.9 Å². The van der Waals surface area contributed by atoms with Crippen LogP contribution in [0.15, 0.2) is 59.6 Å². The van der Waals surface area contributed by atoms with Crippen LogP contribution in [0, 0.1) is 6.92 Å². The minimum Gasteiger partial charge on any atom is -0.370 e. The Balaban J connectivity index is 1.75. The Morgan fingerprint density at radius 2 is 1.75 bits per heavy atom. The maximum atomic E-state index is 5.86. The van der Waals surface area contributed by atoms with E-state index >= 15 is 0 Å². The highest BCUT2D eigenvalue weighted by Crippen LogP contribution is 2.08. The van der Waals surface area contributed by atoms with Crippen LogP contribution in [0.2, 0.25) is 0 Å². The van der Waals surface area contributed by atoms with E-state index in [1.54, 1.807) is 0 Å². The molecule has 2 aromatic rings. The number of benzene rings is 2. The largest absolute Gasteiger partial charge is 0.370 e. The SMILES string of the molecule is Cc1ccc(NC(N)=NCCCc2ccccc2)cc1. The lowest BCUT2D eigenvalue weighted by Crippen LogP contribution is -2.22. The van der Waals surface area contributed by atoms with Crippen LogP contribution in [0.5, 0.6) is 0 Å². The molecule has 0 fully saturated rings. The Kier molecular flexibility index (Phi) is 5.18. The Morgan fingerprint density at radius 1 is 1.05 bits per heavy atom. The molecule has 0 saturated carbocycles. The predicted octanol–water partition coefficient (Wildman–Crippen LogP) is 3.35. The molecule has 3 N–H and O–H groups in total. The average Bonchev–Trinajstić information content (AvgIpc) is 2.47. The van der Waals surface area contributed by atoms with Gasteiger partial charge in [0, 0.05) is 12.2 Å². The molecule has 0 aliphatic rings. The van der Waals surface area contributed by atoms with Crippen molar-refractivity contribution in [3.63, 3.8) is 0 Å². The van der Waals surface area contributed by atoms with E-state index < -0.39 is 0 Å². The van der Waals surface area contributed by atoms with Gasteiger partial charge >= 0.3 is 0 Å². The predicted molar refractivity (Wildman–Crippen MR) is 86.1 cm³/mol. The summed E-state index contributed by atoms with van der Waals surface area (Å²) >= 11 is 0. The van der Waals surface area contributed by atoms with Crippen LogP contribution in [-0.4, -0.2) is 12.5 Å². The third-order valence-corrected chi connectivity index (χ3v) is 3.07. The molecule has 0 spiro atoms. The van der Waals surface area contributed by atoms with E-state index in [1.807, 2.05) is 30.3 Å². The van der Waals surface area contributed by atoms with Gasteiger partial charge in [-0.2, -0.15) is 0 Å². The van der Waals surface area contributed by atoms with Gasteiger partial charge in [-0.05, 0) is 37.5 Å². The van der Waals surface area contributed by atoms with Crippen molar-refractivity contribution in [3.8, 4) is 0 Å². The third-order valence-electron chi connectivity index (χ3n) is 3.07. The zero-order chi connectivity index (χ0) is 14.2. The molecule has 2 aromatic carbocycles. The minimum atomic E-state index is 0.474. The number of aliphatic imine (C=N–C) groups is 1. The monoisotopic (exact) mass is 267 g/mol. The molecule has 3 nitrogen and oxygen atoms in total. The number of hydrogen-bond donors (Lipinski definition) is 2. The van der Waals surface area contributed by atoms with Gasteiger partial charge in [-0.25, -0.2) is 0 Å². The van der Waals surface area contributed by atoms with Crippen LogP contribution in [0.25, 0.3) is 0 Å². The molecule has 0 saturated heterocycles. The fourth-order valence-corrected chi connectivity index (χ4v) is 1.95. The zero-order valence-electron chi connectivity index (χ0n) is 11.8. The van der Waals surface area contributed by atoms with Gasteiger partial charge in [-0.3, -0.25) is 4.99 Å². The third kappa shape index (κ3) is 4.76. The quantitative estimate of drug-likeness (QED) is 0.496. The van der Waals surface area contributed by atoms with Gasteiger partial charge in [0.05, 0.1) is 0 Å². The van der Waals surface area contributed by atoms with Crippen molar-refractivity contribution >= 4 is 11.6 Å². The fourth-order valence-electron chi connectivity index (χ4n) is 1.95. The molecule has 0 atom stereocenters. The Labute approximate surface area is 120 Å². The molecule has 0 bridgehead atoms. The van der Waals surface area contributed by atoms with Gasteiger partial charge in [0.2, 0.25) is 0 Å².